The number of rotatable bonds is 1. The Morgan fingerprint density at radius 2 is 0.537 bits per heavy atom. The molecule has 0 radical (unpaired) electrons. The van der Waals surface area contributed by atoms with Crippen molar-refractivity contribution in [3.63, 3.8) is 0 Å². The lowest BCUT2D eigenvalue weighted by molar-refractivity contribution is 0.0203. The van der Waals surface area contributed by atoms with Crippen LogP contribution in [0.1, 0.15) is 413 Å². The minimum Gasteiger partial charge on any atom is -0.0625 e. The van der Waals surface area contributed by atoms with E-state index in [0.29, 0.717) is 65.0 Å². The predicted molar refractivity (Wildman–Crippen MR) is 368 cm³/mol. The van der Waals surface area contributed by atoms with E-state index >= 15 is 0 Å². The largest absolute Gasteiger partial charge is 0.0625 e. The fraction of sp³-hybridized carbons (Fsp3) is 1.00. The average molecular weight is 1120 g/mol. The Morgan fingerprint density at radius 1 is 0.263 bits per heavy atom. The fourth-order valence-corrected chi connectivity index (χ4v) is 18.2. The zero-order chi connectivity index (χ0) is 62.1. The summed E-state index contributed by atoms with van der Waals surface area (Å²) >= 11 is 0. The highest BCUT2D eigenvalue weighted by Crippen LogP contribution is 2.54. The Hall–Kier alpha value is 0. The first-order valence-corrected chi connectivity index (χ1v) is 35.9. The molecule has 0 aromatic rings. The van der Waals surface area contributed by atoms with E-state index in [2.05, 4.69) is 208 Å². The van der Waals surface area contributed by atoms with Crippen molar-refractivity contribution in [1.29, 1.82) is 0 Å². The Morgan fingerprint density at radius 3 is 0.762 bits per heavy atom. The van der Waals surface area contributed by atoms with Gasteiger partial charge < -0.3 is 0 Å². The summed E-state index contributed by atoms with van der Waals surface area (Å²) in [7, 11) is 0. The Bertz CT molecular complexity index is 1510. The van der Waals surface area contributed by atoms with Gasteiger partial charge in [-0.25, -0.2) is 0 Å². The highest BCUT2D eigenvalue weighted by atomic mass is 14.5. The summed E-state index contributed by atoms with van der Waals surface area (Å²) in [6.45, 7) is 71.8. The van der Waals surface area contributed by atoms with Crippen molar-refractivity contribution in [3.8, 4) is 0 Å². The zero-order valence-corrected chi connectivity index (χ0v) is 62.1. The van der Waals surface area contributed by atoms with Crippen molar-refractivity contribution < 1.29 is 0 Å². The molecule has 8 fully saturated rings. The van der Waals surface area contributed by atoms with E-state index in [1.165, 1.54) is 205 Å². The first-order valence-electron chi connectivity index (χ1n) is 35.9. The molecule has 8 aliphatic rings. The molecule has 80 heavy (non-hydrogen) atoms. The van der Waals surface area contributed by atoms with Crippen LogP contribution in [0.4, 0.5) is 0 Å². The topological polar surface area (TPSA) is 0 Å². The van der Waals surface area contributed by atoms with Gasteiger partial charge in [0, 0.05) is 0 Å². The quantitative estimate of drug-likeness (QED) is 0.245. The predicted octanol–water partition coefficient (Wildman–Crippen LogP) is 28.6. The molecule has 0 aliphatic heterocycles. The minimum atomic E-state index is 0.538. The van der Waals surface area contributed by atoms with Gasteiger partial charge in [-0.2, -0.15) is 0 Å². The van der Waals surface area contributed by atoms with Crippen molar-refractivity contribution in [1.82, 2.24) is 0 Å². The fourth-order valence-electron chi connectivity index (χ4n) is 18.2. The van der Waals surface area contributed by atoms with Gasteiger partial charge in [-0.1, -0.05) is 272 Å². The van der Waals surface area contributed by atoms with Crippen LogP contribution in [-0.2, 0) is 0 Å². The molecule has 0 aromatic carbocycles. The van der Waals surface area contributed by atoms with E-state index in [0.717, 1.165) is 35.5 Å². The third kappa shape index (κ3) is 36.9. The molecule has 2 atom stereocenters. The summed E-state index contributed by atoms with van der Waals surface area (Å²) in [5.41, 5.74) is 7.31. The van der Waals surface area contributed by atoms with Gasteiger partial charge in [0.15, 0.2) is 0 Å². The van der Waals surface area contributed by atoms with Crippen LogP contribution in [0.15, 0.2) is 0 Å². The first kappa shape index (κ1) is 78.0. The van der Waals surface area contributed by atoms with Gasteiger partial charge in [-0.3, -0.25) is 0 Å². The van der Waals surface area contributed by atoms with Crippen LogP contribution in [0.3, 0.4) is 0 Å². The molecular weight excluding hydrogens is 961 g/mol. The van der Waals surface area contributed by atoms with Gasteiger partial charge in [-0.15, -0.1) is 0 Å². The molecule has 8 aliphatic carbocycles. The number of hydrogen-bond donors (Lipinski definition) is 0. The monoisotopic (exact) mass is 1120 g/mol. The molecule has 8 saturated carbocycles. The highest BCUT2D eigenvalue weighted by Gasteiger charge is 2.42. The van der Waals surface area contributed by atoms with Crippen LogP contribution in [0.25, 0.3) is 0 Å². The molecule has 0 nitrogen and oxygen atoms in total. The van der Waals surface area contributed by atoms with Crippen LogP contribution in [0.2, 0.25) is 0 Å². The van der Waals surface area contributed by atoms with Gasteiger partial charge in [0.05, 0.1) is 0 Å². The maximum atomic E-state index is 2.41. The van der Waals surface area contributed by atoms with Crippen LogP contribution >= 0.6 is 0 Å². The van der Waals surface area contributed by atoms with Crippen molar-refractivity contribution in [3.05, 3.63) is 0 Å². The van der Waals surface area contributed by atoms with E-state index in [-0.39, 0.29) is 0 Å². The van der Waals surface area contributed by atoms with E-state index in [1.54, 1.807) is 0 Å². The number of hydrogen-bond acceptors (Lipinski definition) is 0. The maximum absolute atomic E-state index is 2.41. The van der Waals surface area contributed by atoms with Crippen molar-refractivity contribution >= 4 is 0 Å². The molecule has 0 heterocycles. The van der Waals surface area contributed by atoms with Crippen LogP contribution < -0.4 is 0 Å². The second kappa shape index (κ2) is 32.3. The van der Waals surface area contributed by atoms with Crippen molar-refractivity contribution in [2.45, 2.75) is 413 Å². The summed E-state index contributed by atoms with van der Waals surface area (Å²) in [6.07, 6.45) is 46.0. The molecule has 0 heteroatoms. The summed E-state index contributed by atoms with van der Waals surface area (Å²) in [5.74, 6) is 5.85. The molecule has 0 bridgehead atoms. The van der Waals surface area contributed by atoms with Gasteiger partial charge in [0.1, 0.15) is 0 Å². The lowest BCUT2D eigenvalue weighted by Gasteiger charge is -2.49. The SMILES string of the molecule is CC(C)C1CCC(C)(C)CC1.CC1(C)CC(C)(C)CC(C)(C)C1.CC1(C)CCC(C(C)(C)C)CC1.CC1(C)CCCC(C)(C)C1.CC1(C)CCCCC1.CC1CCC(C)(C)CC1.CC1CCCC(C)(C)C1.C[C@@H]1CCCC(C)(C)C1. The van der Waals surface area contributed by atoms with Crippen LogP contribution in [0, 0.1) is 100 Å². The maximum Gasteiger partial charge on any atom is -0.0344 e. The molecule has 0 N–H and O–H groups in total. The van der Waals surface area contributed by atoms with Crippen molar-refractivity contribution in [2.24, 2.45) is 100 Å². The molecule has 0 aromatic heterocycles. The van der Waals surface area contributed by atoms with Crippen LogP contribution in [-0.4, -0.2) is 0 Å². The minimum absolute atomic E-state index is 0.538. The molecule has 0 saturated heterocycles. The second-order valence-corrected chi connectivity index (χ2v) is 40.7. The third-order valence-corrected chi connectivity index (χ3v) is 22.2. The molecule has 8 rings (SSSR count). The van der Waals surface area contributed by atoms with E-state index in [9.17, 15) is 0 Å². The van der Waals surface area contributed by atoms with E-state index in [1.807, 2.05) is 0 Å². The van der Waals surface area contributed by atoms with Gasteiger partial charge in [0.2, 0.25) is 0 Å². The standard InChI is InChI=1S/2C12H24.C11H22.C10H20.3C9H18.C8H16/c1-10(2)7-11(3,4)9-12(5,6)8-10;1-11(2,3)10-6-8-12(4,5)9-7-10;1-9(2)10-5-7-11(3,4)8-6-10;1-9(2)6-5-7-10(3,4)8-9;1-8-4-6-9(2,3)7-5-8;2*1-8-5-4-6-9(2,3)7-8;1-8(2)6-4-3-5-7-8/h7-9H2,1-6H3;10H,6-9H2,1-5H3;9-10H,5-8H2,1-4H3;5-8H2,1-4H3;3*8H,4-7H2,1-3H3;3-7H2,1-2H3/t;;;;;8-;;/m.....1../s1. The average Bonchev–Trinajstić information content (AvgIpc) is 3.22. The molecule has 480 valence electrons. The molecule has 0 amide bonds. The summed E-state index contributed by atoms with van der Waals surface area (Å²) in [6, 6.07) is 0. The highest BCUT2D eigenvalue weighted by molar-refractivity contribution is 4.93. The van der Waals surface area contributed by atoms with Crippen molar-refractivity contribution in [2.75, 3.05) is 0 Å². The summed E-state index contributed by atoms with van der Waals surface area (Å²) < 4.78 is 0. The Balaban J connectivity index is 0.000000459. The molecule has 1 unspecified atom stereocenters. The van der Waals surface area contributed by atoms with Gasteiger partial charge in [0.25, 0.3) is 0 Å². The lowest BCUT2D eigenvalue weighted by atomic mass is 9.56. The Kier molecular flexibility index (Phi) is 31.5. The smallest absolute Gasteiger partial charge is 0.0344 e. The van der Waals surface area contributed by atoms with Gasteiger partial charge >= 0.3 is 0 Å². The zero-order valence-electron chi connectivity index (χ0n) is 62.1. The normalized spacial score (nSPS) is 29.6. The Labute approximate surface area is 511 Å². The molecular formula is C80H160. The van der Waals surface area contributed by atoms with E-state index in [4.69, 9.17) is 0 Å². The first-order chi connectivity index (χ1) is 35.9. The molecule has 0 spiro atoms. The summed E-state index contributed by atoms with van der Waals surface area (Å²) in [4.78, 5) is 0. The second-order valence-electron chi connectivity index (χ2n) is 40.7. The summed E-state index contributed by atoms with van der Waals surface area (Å²) in [5, 5.41) is 0. The third-order valence-electron chi connectivity index (χ3n) is 22.2. The van der Waals surface area contributed by atoms with E-state index < -0.39 is 0 Å². The lowest BCUT2D eigenvalue weighted by Crippen LogP contribution is -2.38. The van der Waals surface area contributed by atoms with Gasteiger partial charge in [-0.05, 0) is 242 Å². The van der Waals surface area contributed by atoms with Crippen LogP contribution in [0.5, 0.6) is 0 Å².